The van der Waals surface area contributed by atoms with Crippen LogP contribution in [0.5, 0.6) is 5.75 Å². The average molecular weight is 307 g/mol. The zero-order chi connectivity index (χ0) is 15.6. The van der Waals surface area contributed by atoms with Gasteiger partial charge in [-0.1, -0.05) is 6.92 Å². The topological polar surface area (TPSA) is 105 Å². The van der Waals surface area contributed by atoms with Crippen molar-refractivity contribution in [2.75, 3.05) is 16.8 Å². The highest BCUT2D eigenvalue weighted by Gasteiger charge is 2.14. The molecule has 0 radical (unpaired) electrons. The molecular weight excluding hydrogens is 290 g/mol. The zero-order valence-corrected chi connectivity index (χ0v) is 12.6. The molecule has 1 heterocycles. The van der Waals surface area contributed by atoms with Gasteiger partial charge in [0.05, 0.1) is 22.0 Å². The fourth-order valence-electron chi connectivity index (χ4n) is 1.80. The van der Waals surface area contributed by atoms with E-state index in [1.165, 1.54) is 18.2 Å². The zero-order valence-electron chi connectivity index (χ0n) is 11.8. The minimum absolute atomic E-state index is 0.0118. The Morgan fingerprint density at radius 3 is 2.67 bits per heavy atom. The van der Waals surface area contributed by atoms with Gasteiger partial charge in [0.1, 0.15) is 5.75 Å². The van der Waals surface area contributed by atoms with E-state index in [4.69, 9.17) is 5.73 Å². The summed E-state index contributed by atoms with van der Waals surface area (Å²) in [5.41, 5.74) is 7.41. The van der Waals surface area contributed by atoms with Gasteiger partial charge < -0.3 is 16.2 Å². The fourth-order valence-corrected chi connectivity index (χ4v) is 2.71. The van der Waals surface area contributed by atoms with Gasteiger partial charge >= 0.3 is 0 Å². The lowest BCUT2D eigenvalue weighted by atomic mass is 10.2. The van der Waals surface area contributed by atoms with Crippen molar-refractivity contribution in [3.63, 3.8) is 0 Å². The largest absolute Gasteiger partial charge is 0.506 e. The number of pyridine rings is 1. The molecule has 0 saturated heterocycles. The molecule has 1 aromatic carbocycles. The number of aromatic nitrogens is 1. The number of phenolic OH excluding ortho intramolecular Hbond substituents is 1. The molecule has 6 nitrogen and oxygen atoms in total. The molecule has 112 valence electrons. The van der Waals surface area contributed by atoms with Crippen molar-refractivity contribution in [2.45, 2.75) is 18.7 Å². The molecular formula is C14H17N3O3S. The monoisotopic (exact) mass is 307 g/mol. The Morgan fingerprint density at radius 1 is 1.33 bits per heavy atom. The van der Waals surface area contributed by atoms with Crippen LogP contribution in [0.15, 0.2) is 35.4 Å². The lowest BCUT2D eigenvalue weighted by molar-refractivity contribution is 0.477. The smallest absolute Gasteiger partial charge is 0.178 e. The van der Waals surface area contributed by atoms with Gasteiger partial charge in [0.25, 0.3) is 0 Å². The van der Waals surface area contributed by atoms with E-state index in [2.05, 4.69) is 10.3 Å². The number of phenols is 1. The SMILES string of the molecule is CCS(=O)(=O)c1ccc(O)c(Nc2ncc(C)cc2N)c1. The van der Waals surface area contributed by atoms with Crippen LogP contribution in [0, 0.1) is 6.92 Å². The van der Waals surface area contributed by atoms with Crippen LogP contribution in [0.1, 0.15) is 12.5 Å². The molecule has 0 fully saturated rings. The summed E-state index contributed by atoms with van der Waals surface area (Å²) in [6, 6.07) is 5.80. The first-order chi connectivity index (χ1) is 9.83. The molecule has 0 aliphatic rings. The summed E-state index contributed by atoms with van der Waals surface area (Å²) < 4.78 is 23.8. The van der Waals surface area contributed by atoms with E-state index in [1.807, 2.05) is 6.92 Å². The number of sulfone groups is 1. The van der Waals surface area contributed by atoms with Gasteiger partial charge in [0.2, 0.25) is 0 Å². The summed E-state index contributed by atoms with van der Waals surface area (Å²) in [6.45, 7) is 3.42. The minimum atomic E-state index is -3.35. The van der Waals surface area contributed by atoms with Crippen LogP contribution < -0.4 is 11.1 Å². The maximum atomic E-state index is 11.9. The summed E-state index contributed by atoms with van der Waals surface area (Å²) in [4.78, 5) is 4.26. The van der Waals surface area contributed by atoms with E-state index in [0.29, 0.717) is 11.5 Å². The molecule has 21 heavy (non-hydrogen) atoms. The Kier molecular flexibility index (Phi) is 4.04. The Morgan fingerprint density at radius 2 is 2.05 bits per heavy atom. The molecule has 0 spiro atoms. The van der Waals surface area contributed by atoms with Crippen LogP contribution in [-0.4, -0.2) is 24.3 Å². The first-order valence-corrected chi connectivity index (χ1v) is 8.03. The number of rotatable bonds is 4. The number of nitrogen functional groups attached to an aromatic ring is 1. The van der Waals surface area contributed by atoms with Crippen molar-refractivity contribution in [2.24, 2.45) is 0 Å². The Bertz CT molecular complexity index is 773. The van der Waals surface area contributed by atoms with Crippen molar-refractivity contribution in [1.82, 2.24) is 4.98 Å². The number of benzene rings is 1. The third-order valence-corrected chi connectivity index (χ3v) is 4.75. The minimum Gasteiger partial charge on any atom is -0.506 e. The number of nitrogens with zero attached hydrogens (tertiary/aromatic N) is 1. The van der Waals surface area contributed by atoms with Crippen molar-refractivity contribution in [3.8, 4) is 5.75 Å². The second-order valence-electron chi connectivity index (χ2n) is 4.66. The van der Waals surface area contributed by atoms with E-state index in [1.54, 1.807) is 19.2 Å². The van der Waals surface area contributed by atoms with Crippen LogP contribution >= 0.6 is 0 Å². The molecule has 2 rings (SSSR count). The van der Waals surface area contributed by atoms with Crippen LogP contribution in [0.25, 0.3) is 0 Å². The number of aryl methyl sites for hydroxylation is 1. The summed E-state index contributed by atoms with van der Waals surface area (Å²) in [6.07, 6.45) is 1.63. The van der Waals surface area contributed by atoms with Gasteiger partial charge in [-0.05, 0) is 36.8 Å². The van der Waals surface area contributed by atoms with Crippen molar-refractivity contribution in [1.29, 1.82) is 0 Å². The van der Waals surface area contributed by atoms with Gasteiger partial charge in [-0.2, -0.15) is 0 Å². The van der Waals surface area contributed by atoms with Crippen molar-refractivity contribution < 1.29 is 13.5 Å². The van der Waals surface area contributed by atoms with E-state index >= 15 is 0 Å². The normalized spacial score (nSPS) is 11.3. The van der Waals surface area contributed by atoms with Gasteiger partial charge in [0.15, 0.2) is 15.7 Å². The highest BCUT2D eigenvalue weighted by molar-refractivity contribution is 7.91. The third kappa shape index (κ3) is 3.25. The van der Waals surface area contributed by atoms with Crippen LogP contribution in [-0.2, 0) is 9.84 Å². The molecule has 0 unspecified atom stereocenters. The van der Waals surface area contributed by atoms with Crippen LogP contribution in [0.3, 0.4) is 0 Å². The third-order valence-electron chi connectivity index (χ3n) is 3.01. The number of aromatic hydroxyl groups is 1. The summed E-state index contributed by atoms with van der Waals surface area (Å²) >= 11 is 0. The molecule has 0 saturated carbocycles. The summed E-state index contributed by atoms with van der Waals surface area (Å²) in [5.74, 6) is 0.274. The molecule has 0 atom stereocenters. The van der Waals surface area contributed by atoms with E-state index in [-0.39, 0.29) is 22.1 Å². The molecule has 0 amide bonds. The second kappa shape index (κ2) is 5.61. The predicted molar refractivity (Wildman–Crippen MR) is 82.5 cm³/mol. The summed E-state index contributed by atoms with van der Waals surface area (Å²) in [7, 11) is -3.35. The van der Waals surface area contributed by atoms with Crippen LogP contribution in [0.4, 0.5) is 17.2 Å². The molecule has 0 bridgehead atoms. The van der Waals surface area contributed by atoms with E-state index in [9.17, 15) is 13.5 Å². The summed E-state index contributed by atoms with van der Waals surface area (Å²) in [5, 5.41) is 12.7. The number of anilines is 3. The average Bonchev–Trinajstić information content (AvgIpc) is 2.43. The maximum Gasteiger partial charge on any atom is 0.178 e. The number of hydrogen-bond acceptors (Lipinski definition) is 6. The lowest BCUT2D eigenvalue weighted by Gasteiger charge is -2.12. The standard InChI is InChI=1S/C14H17N3O3S/c1-3-21(19,20)10-4-5-13(18)12(7-10)17-14-11(15)6-9(2)8-16-14/h4-8,18H,3,15H2,1-2H3,(H,16,17). The number of nitrogens with two attached hydrogens (primary N) is 1. The number of hydrogen-bond donors (Lipinski definition) is 3. The lowest BCUT2D eigenvalue weighted by Crippen LogP contribution is -2.05. The molecule has 4 N–H and O–H groups in total. The highest BCUT2D eigenvalue weighted by Crippen LogP contribution is 2.31. The molecule has 1 aromatic heterocycles. The Hall–Kier alpha value is -2.28. The maximum absolute atomic E-state index is 11.9. The molecule has 2 aromatic rings. The second-order valence-corrected chi connectivity index (χ2v) is 6.94. The Labute approximate surface area is 123 Å². The molecule has 7 heteroatoms. The van der Waals surface area contributed by atoms with Gasteiger partial charge in [0, 0.05) is 6.20 Å². The van der Waals surface area contributed by atoms with E-state index < -0.39 is 9.84 Å². The van der Waals surface area contributed by atoms with Crippen LogP contribution in [0.2, 0.25) is 0 Å². The molecule has 0 aliphatic heterocycles. The highest BCUT2D eigenvalue weighted by atomic mass is 32.2. The first kappa shape index (κ1) is 15.1. The van der Waals surface area contributed by atoms with Crippen molar-refractivity contribution in [3.05, 3.63) is 36.0 Å². The van der Waals surface area contributed by atoms with Gasteiger partial charge in [-0.15, -0.1) is 0 Å². The van der Waals surface area contributed by atoms with Gasteiger partial charge in [-0.25, -0.2) is 13.4 Å². The van der Waals surface area contributed by atoms with Gasteiger partial charge in [-0.3, -0.25) is 0 Å². The molecule has 0 aliphatic carbocycles. The number of nitrogens with one attached hydrogen (secondary N) is 1. The fraction of sp³-hybridized carbons (Fsp3) is 0.214. The van der Waals surface area contributed by atoms with E-state index in [0.717, 1.165) is 5.56 Å². The quantitative estimate of drug-likeness (QED) is 0.748. The predicted octanol–water partition coefficient (Wildman–Crippen LogP) is 2.22. The van der Waals surface area contributed by atoms with Crippen molar-refractivity contribution >= 4 is 27.0 Å². The first-order valence-electron chi connectivity index (χ1n) is 6.38. The Balaban J connectivity index is 2.42.